The van der Waals surface area contributed by atoms with Crippen molar-refractivity contribution in [2.45, 2.75) is 223 Å². The van der Waals surface area contributed by atoms with Gasteiger partial charge in [0, 0.05) is 165 Å². The molecular weight excluding hydrogens is 1430 g/mol. The first kappa shape index (κ1) is 76.9. The summed E-state index contributed by atoms with van der Waals surface area (Å²) in [6.07, 6.45) is 30.4. The number of fused-ring (bicyclic) bond motifs is 3. The van der Waals surface area contributed by atoms with Gasteiger partial charge >= 0.3 is 0 Å². The Hall–Kier alpha value is -9.41. The van der Waals surface area contributed by atoms with Crippen molar-refractivity contribution in [2.75, 3.05) is 83.3 Å². The van der Waals surface area contributed by atoms with Crippen LogP contribution in [0.2, 0.25) is 0 Å². The molecule has 17 rings (SSSR count). The Kier molecular flexibility index (Phi) is 22.7. The topological polar surface area (TPSA) is 348 Å². The van der Waals surface area contributed by atoms with Crippen LogP contribution in [0.5, 0.6) is 0 Å². The van der Waals surface area contributed by atoms with Crippen LogP contribution in [-0.2, 0) is 30.3 Å². The van der Waals surface area contributed by atoms with E-state index in [4.69, 9.17) is 34.0 Å². The molecular formula is C78H104F2N22O9. The van der Waals surface area contributed by atoms with E-state index in [2.05, 4.69) is 80.7 Å². The number of rotatable bonds is 25. The second kappa shape index (κ2) is 32.7. The van der Waals surface area contributed by atoms with E-state index in [9.17, 15) is 33.7 Å². The van der Waals surface area contributed by atoms with Gasteiger partial charge in [0.05, 0.1) is 104 Å². The summed E-state index contributed by atoms with van der Waals surface area (Å²) in [4.78, 5) is 46.8. The van der Waals surface area contributed by atoms with Crippen molar-refractivity contribution >= 4 is 46.2 Å². The zero-order valence-corrected chi connectivity index (χ0v) is 64.6. The molecule has 2 amide bonds. The summed E-state index contributed by atoms with van der Waals surface area (Å²) in [5.74, 6) is 0.782. The SMILES string of the molecule is COC[C@H](C)Nc1ncc2c(-c3cnn(C4CN(C(=O)C5(C(C)(F)F)CC5)C4)c3)cc(C3CCC(O)CC3)n2n1.COC[C@H](C)Nc1ncc2c(-c3cnn(C4CN(C(=O)C5CCC5)C4)c3)cc(C3CCC(O)CC3)n2n1.COC[C@H](C)Nc1ncc2c(-c3cnn(Cc4nc(C)no4)c3)cc(C3CCC(O)CC3)n2n1. The first-order valence-corrected chi connectivity index (χ1v) is 39.4. The Morgan fingerprint density at radius 2 is 0.946 bits per heavy atom. The van der Waals surface area contributed by atoms with Crippen LogP contribution in [0.1, 0.15) is 195 Å². The summed E-state index contributed by atoms with van der Waals surface area (Å²) in [6.45, 7) is 13.0. The number of hydrogen-bond donors (Lipinski definition) is 6. The largest absolute Gasteiger partial charge is 0.393 e. The van der Waals surface area contributed by atoms with E-state index in [1.807, 2.05) is 92.0 Å². The highest BCUT2D eigenvalue weighted by atomic mass is 19.3. The molecule has 2 saturated heterocycles. The van der Waals surface area contributed by atoms with Gasteiger partial charge in [0.2, 0.25) is 35.6 Å². The van der Waals surface area contributed by atoms with Crippen molar-refractivity contribution in [1.82, 2.24) is 93.1 Å². The number of nitrogens with one attached hydrogen (secondary N) is 3. The third kappa shape index (κ3) is 16.6. The van der Waals surface area contributed by atoms with Crippen molar-refractivity contribution in [2.24, 2.45) is 11.3 Å². The molecule has 3 atom stereocenters. The predicted octanol–water partition coefficient (Wildman–Crippen LogP) is 9.92. The highest BCUT2D eigenvalue weighted by molar-refractivity contribution is 5.88. The molecule has 10 aromatic heterocycles. The molecule has 0 bridgehead atoms. The van der Waals surface area contributed by atoms with Gasteiger partial charge in [-0.25, -0.2) is 37.3 Å². The number of aryl methyl sites for hydroxylation is 1. The zero-order valence-electron chi connectivity index (χ0n) is 64.6. The summed E-state index contributed by atoms with van der Waals surface area (Å²) >= 11 is 0. The van der Waals surface area contributed by atoms with Gasteiger partial charge in [0.1, 0.15) is 12.0 Å². The molecule has 594 valence electrons. The highest BCUT2D eigenvalue weighted by Gasteiger charge is 2.66. The van der Waals surface area contributed by atoms with E-state index in [1.54, 1.807) is 39.1 Å². The van der Waals surface area contributed by atoms with Crippen LogP contribution in [-0.4, -0.2) is 230 Å². The molecule has 12 heterocycles. The second-order valence-corrected chi connectivity index (χ2v) is 32.0. The van der Waals surface area contributed by atoms with Gasteiger partial charge in [-0.3, -0.25) is 23.6 Å². The molecule has 6 N–H and O–H groups in total. The van der Waals surface area contributed by atoms with Crippen LogP contribution in [0.15, 0.2) is 78.5 Å². The minimum atomic E-state index is -3.00. The fourth-order valence-electron chi connectivity index (χ4n) is 16.7. The maximum absolute atomic E-state index is 14.1. The van der Waals surface area contributed by atoms with Gasteiger partial charge in [-0.05, 0) is 149 Å². The van der Waals surface area contributed by atoms with Crippen LogP contribution in [0.3, 0.4) is 0 Å². The Bertz CT molecular complexity index is 4840. The van der Waals surface area contributed by atoms with Crippen molar-refractivity contribution in [3.05, 3.63) is 103 Å². The Morgan fingerprint density at radius 1 is 0.559 bits per heavy atom. The van der Waals surface area contributed by atoms with E-state index in [1.165, 1.54) is 11.3 Å². The zero-order chi connectivity index (χ0) is 77.4. The number of likely N-dealkylation sites (tertiary alicyclic amines) is 2. The van der Waals surface area contributed by atoms with E-state index in [-0.39, 0.29) is 73.2 Å². The smallest absolute Gasteiger partial charge is 0.259 e. The van der Waals surface area contributed by atoms with Crippen LogP contribution >= 0.6 is 0 Å². The molecule has 5 aliphatic carbocycles. The molecule has 5 saturated carbocycles. The molecule has 31 nitrogen and oxygen atoms in total. The van der Waals surface area contributed by atoms with Crippen LogP contribution < -0.4 is 16.0 Å². The number of aliphatic hydroxyl groups is 3. The Labute approximate surface area is 642 Å². The number of halogens is 2. The lowest BCUT2D eigenvalue weighted by molar-refractivity contribution is -0.158. The quantitative estimate of drug-likeness (QED) is 0.0310. The van der Waals surface area contributed by atoms with Crippen LogP contribution in [0, 0.1) is 18.3 Å². The number of carbonyl (C=O) groups excluding carboxylic acids is 2. The molecule has 7 fully saturated rings. The van der Waals surface area contributed by atoms with E-state index < -0.39 is 17.2 Å². The standard InChI is InChI=1S/C28H37F2N7O3.C27H37N7O3.C23H30N8O3/c1-17(16-40-3)33-26-31-12-24-22(10-23(37(24)34-26)18-4-6-21(38)7-5-18)19-11-32-36(13-19)20-14-35(15-20)25(39)28(8-9-28)27(2,29)30;1-17(16-37-2)30-27-28-12-25-23(10-24(34(25)31-27)18-6-8-22(35)9-7-18)20-11-29-33(13-20)21-14-32(15-21)26(36)19-4-3-5-19;1-14(13-33-3)26-23-24-10-21-19(8-20(31(21)28-23)16-4-6-18(32)7-5-16)17-9-25-30(11-17)12-22-27-15(2)29-34-22/h10-13,17-18,20-21,38H,4-9,14-16H2,1-3H3,(H,33,34);10-13,17-19,21-22,35H,3-9,14-16H2,1-2H3,(H,30,31);8-11,14,16,18,32H,4-7,12-13H2,1-3H3,(H,26,28)/t17-,18?,21?;17-,18?,22?;14-,16?,18?/m000/s1. The van der Waals surface area contributed by atoms with Gasteiger partial charge in [0.15, 0.2) is 5.82 Å². The van der Waals surface area contributed by atoms with Crippen molar-refractivity contribution in [3.63, 3.8) is 0 Å². The Balaban J connectivity index is 0.000000132. The average Bonchev–Trinajstić information content (AvgIpc) is 1.62. The minimum Gasteiger partial charge on any atom is -0.393 e. The predicted molar refractivity (Wildman–Crippen MR) is 408 cm³/mol. The molecule has 7 aliphatic rings. The number of methoxy groups -OCH3 is 3. The van der Waals surface area contributed by atoms with Crippen molar-refractivity contribution in [3.8, 4) is 33.4 Å². The number of carbonyl (C=O) groups is 2. The summed E-state index contributed by atoms with van der Waals surface area (Å²) in [6, 6.07) is 6.93. The molecule has 0 radical (unpaired) electrons. The third-order valence-electron chi connectivity index (χ3n) is 23.5. The number of aliphatic hydroxyl groups excluding tert-OH is 3. The number of hydrogen-bond acceptors (Lipinski definition) is 23. The lowest BCUT2D eigenvalue weighted by atomic mass is 9.83. The number of amides is 2. The molecule has 0 spiro atoms. The number of aromatic nitrogens is 17. The number of ether oxygens (including phenoxy) is 3. The Morgan fingerprint density at radius 3 is 1.30 bits per heavy atom. The second-order valence-electron chi connectivity index (χ2n) is 32.0. The molecule has 10 aromatic rings. The number of nitrogens with zero attached hydrogens (tertiary/aromatic N) is 19. The van der Waals surface area contributed by atoms with E-state index >= 15 is 0 Å². The summed E-state index contributed by atoms with van der Waals surface area (Å²) < 4.78 is 60.6. The normalized spacial score (nSPS) is 22.4. The van der Waals surface area contributed by atoms with Gasteiger partial charge in [-0.15, -0.1) is 15.3 Å². The summed E-state index contributed by atoms with van der Waals surface area (Å²) in [5, 5.41) is 72.2. The van der Waals surface area contributed by atoms with Crippen molar-refractivity contribution < 1.29 is 52.4 Å². The maximum Gasteiger partial charge on any atom is 0.259 e. The van der Waals surface area contributed by atoms with Gasteiger partial charge < -0.3 is 59.8 Å². The van der Waals surface area contributed by atoms with E-state index in [0.717, 1.165) is 177 Å². The molecule has 33 heteroatoms. The highest BCUT2D eigenvalue weighted by Crippen LogP contribution is 2.58. The molecule has 0 aromatic carbocycles. The van der Waals surface area contributed by atoms with Gasteiger partial charge in [-0.1, -0.05) is 11.6 Å². The minimum absolute atomic E-state index is 0.0382. The average molecular weight is 1530 g/mol. The monoisotopic (exact) mass is 1530 g/mol. The van der Waals surface area contributed by atoms with Gasteiger partial charge in [-0.2, -0.15) is 20.3 Å². The number of alkyl halides is 2. The fraction of sp³-hybridized carbons (Fsp3) is 0.603. The van der Waals surface area contributed by atoms with Crippen molar-refractivity contribution in [1.29, 1.82) is 0 Å². The maximum atomic E-state index is 14.1. The molecule has 2 aliphatic heterocycles. The van der Waals surface area contributed by atoms with E-state index in [0.29, 0.717) is 86.8 Å². The fourth-order valence-corrected chi connectivity index (χ4v) is 16.7. The first-order valence-electron chi connectivity index (χ1n) is 39.4. The molecule has 111 heavy (non-hydrogen) atoms. The van der Waals surface area contributed by atoms with Crippen LogP contribution in [0.25, 0.3) is 49.9 Å². The summed E-state index contributed by atoms with van der Waals surface area (Å²) in [5.41, 5.74) is 10.5. The van der Waals surface area contributed by atoms with Gasteiger partial charge in [0.25, 0.3) is 5.92 Å². The van der Waals surface area contributed by atoms with Crippen LogP contribution in [0.4, 0.5) is 26.6 Å². The molecule has 0 unspecified atom stereocenters. The lowest BCUT2D eigenvalue weighted by Crippen LogP contribution is -2.55. The summed E-state index contributed by atoms with van der Waals surface area (Å²) in [7, 11) is 5.02. The first-order chi connectivity index (χ1) is 53.6. The number of anilines is 3. The lowest BCUT2D eigenvalue weighted by Gasteiger charge is -2.42. The third-order valence-corrected chi connectivity index (χ3v) is 23.5.